The minimum atomic E-state index is 0.991. The lowest BCUT2D eigenvalue weighted by Gasteiger charge is -2.14. The summed E-state index contributed by atoms with van der Waals surface area (Å²) in [4.78, 5) is 0. The average molecular weight is 218 g/mol. The SMILES string of the molecule is c1ccc(CSC2C3CCC2CC3)cc1. The minimum Gasteiger partial charge on any atom is -0.153 e. The Morgan fingerprint density at radius 3 is 2.13 bits per heavy atom. The third kappa shape index (κ3) is 1.94. The van der Waals surface area contributed by atoms with Crippen LogP contribution in [-0.2, 0) is 5.75 Å². The van der Waals surface area contributed by atoms with Crippen molar-refractivity contribution >= 4 is 11.8 Å². The van der Waals surface area contributed by atoms with Crippen LogP contribution in [0.1, 0.15) is 31.2 Å². The Kier molecular flexibility index (Phi) is 2.74. The molecule has 15 heavy (non-hydrogen) atoms. The average Bonchev–Trinajstić information content (AvgIpc) is 2.87. The first-order chi connectivity index (χ1) is 7.43. The second-order valence-electron chi connectivity index (χ2n) is 4.94. The van der Waals surface area contributed by atoms with Crippen molar-refractivity contribution in [1.29, 1.82) is 0 Å². The summed E-state index contributed by atoms with van der Waals surface area (Å²) in [6.07, 6.45) is 6.04. The topological polar surface area (TPSA) is 0 Å². The molecule has 0 aromatic heterocycles. The van der Waals surface area contributed by atoms with Gasteiger partial charge in [-0.3, -0.25) is 0 Å². The van der Waals surface area contributed by atoms with Crippen LogP contribution < -0.4 is 0 Å². The molecule has 2 aliphatic carbocycles. The molecule has 80 valence electrons. The summed E-state index contributed by atoms with van der Waals surface area (Å²) < 4.78 is 0. The van der Waals surface area contributed by atoms with Crippen LogP contribution in [0.5, 0.6) is 0 Å². The fourth-order valence-electron chi connectivity index (χ4n) is 3.23. The van der Waals surface area contributed by atoms with Crippen LogP contribution in [0.2, 0.25) is 0 Å². The molecule has 0 heterocycles. The quantitative estimate of drug-likeness (QED) is 0.735. The lowest BCUT2D eigenvalue weighted by molar-refractivity contribution is 0.480. The number of fused-ring (bicyclic) bond motifs is 2. The van der Waals surface area contributed by atoms with Crippen molar-refractivity contribution < 1.29 is 0 Å². The first kappa shape index (κ1) is 9.77. The Balaban J connectivity index is 1.59. The van der Waals surface area contributed by atoms with E-state index in [1.54, 1.807) is 0 Å². The number of benzene rings is 1. The van der Waals surface area contributed by atoms with Gasteiger partial charge in [-0.2, -0.15) is 11.8 Å². The molecule has 0 saturated heterocycles. The third-order valence-corrected chi connectivity index (χ3v) is 5.69. The summed E-state index contributed by atoms with van der Waals surface area (Å²) in [5.74, 6) is 3.34. The molecule has 1 aromatic carbocycles. The van der Waals surface area contributed by atoms with E-state index in [9.17, 15) is 0 Å². The maximum absolute atomic E-state index is 2.25. The zero-order chi connectivity index (χ0) is 10.1. The summed E-state index contributed by atoms with van der Waals surface area (Å²) in [6.45, 7) is 0. The molecule has 2 aliphatic rings. The standard InChI is InChI=1S/C14H18S/c1-2-4-11(5-3-1)10-15-14-12-6-7-13(14)9-8-12/h1-5,12-14H,6-10H2. The number of hydrogen-bond acceptors (Lipinski definition) is 1. The lowest BCUT2D eigenvalue weighted by Crippen LogP contribution is -2.08. The van der Waals surface area contributed by atoms with E-state index in [-0.39, 0.29) is 0 Å². The molecule has 0 N–H and O–H groups in total. The molecular formula is C14H18S. The number of rotatable bonds is 3. The molecule has 1 heteroatoms. The highest BCUT2D eigenvalue weighted by Crippen LogP contribution is 2.50. The Morgan fingerprint density at radius 2 is 1.53 bits per heavy atom. The molecule has 0 radical (unpaired) electrons. The molecule has 2 bridgehead atoms. The largest absolute Gasteiger partial charge is 0.153 e. The fraction of sp³-hybridized carbons (Fsp3) is 0.571. The highest BCUT2D eigenvalue weighted by atomic mass is 32.2. The minimum absolute atomic E-state index is 0.991. The maximum atomic E-state index is 2.25. The van der Waals surface area contributed by atoms with E-state index in [4.69, 9.17) is 0 Å². The molecular weight excluding hydrogens is 200 g/mol. The normalized spacial score (nSPS) is 33.5. The molecule has 0 aliphatic heterocycles. The Labute approximate surface area is 96.5 Å². The zero-order valence-corrected chi connectivity index (χ0v) is 9.88. The first-order valence-electron chi connectivity index (χ1n) is 6.09. The van der Waals surface area contributed by atoms with Crippen LogP contribution >= 0.6 is 11.8 Å². The van der Waals surface area contributed by atoms with Gasteiger partial charge in [-0.15, -0.1) is 0 Å². The number of thioether (sulfide) groups is 1. The molecule has 2 saturated carbocycles. The Morgan fingerprint density at radius 1 is 0.933 bits per heavy atom. The van der Waals surface area contributed by atoms with E-state index < -0.39 is 0 Å². The van der Waals surface area contributed by atoms with Gasteiger partial charge in [0.25, 0.3) is 0 Å². The first-order valence-corrected chi connectivity index (χ1v) is 7.14. The highest BCUT2D eigenvalue weighted by Gasteiger charge is 2.41. The predicted molar refractivity (Wildman–Crippen MR) is 67.0 cm³/mol. The van der Waals surface area contributed by atoms with Crippen LogP contribution in [0.25, 0.3) is 0 Å². The zero-order valence-electron chi connectivity index (χ0n) is 9.06. The molecule has 1 aromatic rings. The van der Waals surface area contributed by atoms with Gasteiger partial charge >= 0.3 is 0 Å². The molecule has 0 spiro atoms. The van der Waals surface area contributed by atoms with Gasteiger partial charge in [0.2, 0.25) is 0 Å². The summed E-state index contributed by atoms with van der Waals surface area (Å²) >= 11 is 2.22. The summed E-state index contributed by atoms with van der Waals surface area (Å²) in [5, 5.41) is 0.991. The van der Waals surface area contributed by atoms with Gasteiger partial charge in [0.1, 0.15) is 0 Å². The van der Waals surface area contributed by atoms with Gasteiger partial charge in [-0.25, -0.2) is 0 Å². The molecule has 3 rings (SSSR count). The molecule has 2 fully saturated rings. The molecule has 0 unspecified atom stereocenters. The van der Waals surface area contributed by atoms with Gasteiger partial charge in [0.05, 0.1) is 0 Å². The van der Waals surface area contributed by atoms with Crippen LogP contribution in [-0.4, -0.2) is 5.25 Å². The monoisotopic (exact) mass is 218 g/mol. The van der Waals surface area contributed by atoms with Gasteiger partial charge in [0, 0.05) is 11.0 Å². The third-order valence-electron chi connectivity index (χ3n) is 4.03. The van der Waals surface area contributed by atoms with Gasteiger partial charge in [0.15, 0.2) is 0 Å². The highest BCUT2D eigenvalue weighted by molar-refractivity contribution is 7.99. The van der Waals surface area contributed by atoms with Crippen molar-refractivity contribution in [1.82, 2.24) is 0 Å². The summed E-state index contributed by atoms with van der Waals surface area (Å²) in [7, 11) is 0. The van der Waals surface area contributed by atoms with Crippen molar-refractivity contribution in [3.8, 4) is 0 Å². The van der Waals surface area contributed by atoms with E-state index in [2.05, 4.69) is 42.1 Å². The van der Waals surface area contributed by atoms with E-state index in [0.29, 0.717) is 0 Å². The van der Waals surface area contributed by atoms with E-state index in [1.165, 1.54) is 37.0 Å². The van der Waals surface area contributed by atoms with Gasteiger partial charge < -0.3 is 0 Å². The van der Waals surface area contributed by atoms with Crippen LogP contribution in [0.3, 0.4) is 0 Å². The van der Waals surface area contributed by atoms with E-state index in [1.807, 2.05) is 0 Å². The van der Waals surface area contributed by atoms with Crippen LogP contribution in [0, 0.1) is 11.8 Å². The fourth-order valence-corrected chi connectivity index (χ4v) is 4.89. The van der Waals surface area contributed by atoms with Gasteiger partial charge in [-0.1, -0.05) is 30.3 Å². The Hall–Kier alpha value is -0.430. The van der Waals surface area contributed by atoms with E-state index in [0.717, 1.165) is 17.1 Å². The van der Waals surface area contributed by atoms with E-state index >= 15 is 0 Å². The van der Waals surface area contributed by atoms with Crippen molar-refractivity contribution in [2.75, 3.05) is 0 Å². The Bertz CT molecular complexity index is 299. The number of hydrogen-bond donors (Lipinski definition) is 0. The van der Waals surface area contributed by atoms with Crippen LogP contribution in [0.15, 0.2) is 30.3 Å². The summed E-state index contributed by atoms with van der Waals surface area (Å²) in [5.41, 5.74) is 1.49. The smallest absolute Gasteiger partial charge is 0.0187 e. The van der Waals surface area contributed by atoms with Crippen LogP contribution in [0.4, 0.5) is 0 Å². The molecule has 0 amide bonds. The second-order valence-corrected chi connectivity index (χ2v) is 6.10. The van der Waals surface area contributed by atoms with Gasteiger partial charge in [-0.05, 0) is 43.1 Å². The van der Waals surface area contributed by atoms with Crippen molar-refractivity contribution in [2.24, 2.45) is 11.8 Å². The lowest BCUT2D eigenvalue weighted by atomic mass is 10.0. The van der Waals surface area contributed by atoms with Crippen molar-refractivity contribution in [2.45, 2.75) is 36.7 Å². The van der Waals surface area contributed by atoms with Crippen molar-refractivity contribution in [3.63, 3.8) is 0 Å². The van der Waals surface area contributed by atoms with Crippen molar-refractivity contribution in [3.05, 3.63) is 35.9 Å². The second kappa shape index (κ2) is 4.21. The molecule has 0 nitrogen and oxygen atoms in total. The molecule has 0 atom stereocenters. The maximum Gasteiger partial charge on any atom is 0.0187 e. The predicted octanol–water partition coefficient (Wildman–Crippen LogP) is 4.11. The summed E-state index contributed by atoms with van der Waals surface area (Å²) in [6, 6.07) is 10.9.